The first-order valence-corrected chi connectivity index (χ1v) is 12.2. The van der Waals surface area contributed by atoms with E-state index < -0.39 is 15.7 Å². The minimum atomic E-state index is -3.34. The van der Waals surface area contributed by atoms with Crippen LogP contribution in [0.1, 0.15) is 5.56 Å². The standard InChI is InChI=1S/C26H24FNO3S/c1-32(29,30)25-10-5-8-20(16-25)22-14-23(27)17-24(15-22)31-13-12-28-18-21-9-4-7-19-6-2-3-11-26(19)21/h2-11,14-17,28H,12-13,18H2,1H3. The Morgan fingerprint density at radius 3 is 2.50 bits per heavy atom. The Morgan fingerprint density at radius 1 is 0.875 bits per heavy atom. The lowest BCUT2D eigenvalue weighted by Gasteiger charge is -2.11. The Bertz CT molecular complexity index is 1350. The van der Waals surface area contributed by atoms with Crippen molar-refractivity contribution in [1.29, 1.82) is 0 Å². The SMILES string of the molecule is CS(=O)(=O)c1cccc(-c2cc(F)cc(OCCNCc3cccc4ccccc34)c2)c1. The van der Waals surface area contributed by atoms with E-state index in [1.807, 2.05) is 18.2 Å². The highest BCUT2D eigenvalue weighted by molar-refractivity contribution is 7.90. The summed E-state index contributed by atoms with van der Waals surface area (Å²) in [5, 5.41) is 5.78. The second-order valence-electron chi connectivity index (χ2n) is 7.64. The minimum absolute atomic E-state index is 0.194. The largest absolute Gasteiger partial charge is 0.492 e. The summed E-state index contributed by atoms with van der Waals surface area (Å²) in [6.45, 7) is 1.67. The van der Waals surface area contributed by atoms with E-state index in [1.54, 1.807) is 24.3 Å². The summed E-state index contributed by atoms with van der Waals surface area (Å²) in [6.07, 6.45) is 1.15. The fourth-order valence-electron chi connectivity index (χ4n) is 3.63. The van der Waals surface area contributed by atoms with Gasteiger partial charge in [-0.1, -0.05) is 54.6 Å². The van der Waals surface area contributed by atoms with E-state index in [4.69, 9.17) is 4.74 Å². The molecule has 4 rings (SSSR count). The van der Waals surface area contributed by atoms with Crippen LogP contribution in [0.5, 0.6) is 5.75 Å². The Labute approximate surface area is 187 Å². The Morgan fingerprint density at radius 2 is 1.66 bits per heavy atom. The molecule has 6 heteroatoms. The fourth-order valence-corrected chi connectivity index (χ4v) is 4.30. The number of halogens is 1. The molecule has 4 nitrogen and oxygen atoms in total. The maximum absolute atomic E-state index is 14.2. The van der Waals surface area contributed by atoms with Crippen LogP contribution in [0.3, 0.4) is 0 Å². The van der Waals surface area contributed by atoms with E-state index in [0.717, 1.165) is 6.26 Å². The molecule has 0 atom stereocenters. The quantitative estimate of drug-likeness (QED) is 0.375. The topological polar surface area (TPSA) is 55.4 Å². The first-order valence-electron chi connectivity index (χ1n) is 10.3. The van der Waals surface area contributed by atoms with Gasteiger partial charge in [0.2, 0.25) is 0 Å². The van der Waals surface area contributed by atoms with Gasteiger partial charge in [-0.3, -0.25) is 0 Å². The number of rotatable bonds is 8. The van der Waals surface area contributed by atoms with Crippen LogP contribution in [-0.4, -0.2) is 27.8 Å². The number of hydrogen-bond donors (Lipinski definition) is 1. The summed E-state index contributed by atoms with van der Waals surface area (Å²) in [5.74, 6) is -0.0392. The number of sulfone groups is 1. The molecule has 1 N–H and O–H groups in total. The van der Waals surface area contributed by atoms with E-state index in [1.165, 1.54) is 34.5 Å². The van der Waals surface area contributed by atoms with E-state index in [-0.39, 0.29) is 4.90 Å². The van der Waals surface area contributed by atoms with Gasteiger partial charge in [-0.05, 0) is 51.7 Å². The van der Waals surface area contributed by atoms with Gasteiger partial charge < -0.3 is 10.1 Å². The van der Waals surface area contributed by atoms with Crippen LogP contribution in [0.2, 0.25) is 0 Å². The zero-order valence-corrected chi connectivity index (χ0v) is 18.5. The Balaban J connectivity index is 1.39. The van der Waals surface area contributed by atoms with Gasteiger partial charge >= 0.3 is 0 Å². The average Bonchev–Trinajstić information content (AvgIpc) is 2.78. The molecule has 0 unspecified atom stereocenters. The molecule has 0 bridgehead atoms. The molecule has 0 spiro atoms. The summed E-state index contributed by atoms with van der Waals surface area (Å²) >= 11 is 0. The second-order valence-corrected chi connectivity index (χ2v) is 9.65. The second kappa shape index (κ2) is 9.51. The van der Waals surface area contributed by atoms with Gasteiger partial charge in [-0.2, -0.15) is 0 Å². The van der Waals surface area contributed by atoms with Crippen molar-refractivity contribution >= 4 is 20.6 Å². The predicted molar refractivity (Wildman–Crippen MR) is 126 cm³/mol. The molecule has 0 aliphatic rings. The molecule has 0 heterocycles. The van der Waals surface area contributed by atoms with Crippen molar-refractivity contribution in [2.24, 2.45) is 0 Å². The van der Waals surface area contributed by atoms with Crippen molar-refractivity contribution in [3.05, 3.63) is 96.3 Å². The molecule has 32 heavy (non-hydrogen) atoms. The van der Waals surface area contributed by atoms with E-state index in [2.05, 4.69) is 29.6 Å². The summed E-state index contributed by atoms with van der Waals surface area (Å²) in [7, 11) is -3.34. The maximum Gasteiger partial charge on any atom is 0.175 e. The van der Waals surface area contributed by atoms with Crippen LogP contribution < -0.4 is 10.1 Å². The van der Waals surface area contributed by atoms with Gasteiger partial charge in [0, 0.05) is 25.4 Å². The summed E-state index contributed by atoms with van der Waals surface area (Å²) in [6, 6.07) is 25.4. The lowest BCUT2D eigenvalue weighted by molar-refractivity contribution is 0.312. The van der Waals surface area contributed by atoms with Gasteiger partial charge in [-0.15, -0.1) is 0 Å². The smallest absolute Gasteiger partial charge is 0.175 e. The third-order valence-electron chi connectivity index (χ3n) is 5.21. The highest BCUT2D eigenvalue weighted by atomic mass is 32.2. The highest BCUT2D eigenvalue weighted by Gasteiger charge is 2.10. The van der Waals surface area contributed by atoms with Crippen LogP contribution in [0.4, 0.5) is 4.39 Å². The molecule has 0 fully saturated rings. The fraction of sp³-hybridized carbons (Fsp3) is 0.154. The predicted octanol–water partition coefficient (Wildman–Crippen LogP) is 5.22. The van der Waals surface area contributed by atoms with E-state index in [9.17, 15) is 12.8 Å². The molecule has 164 valence electrons. The Kier molecular flexibility index (Phi) is 6.53. The zero-order valence-electron chi connectivity index (χ0n) is 17.7. The molecule has 0 amide bonds. The Hall–Kier alpha value is -3.22. The molecule has 0 saturated heterocycles. The number of hydrogen-bond acceptors (Lipinski definition) is 4. The van der Waals surface area contributed by atoms with E-state index >= 15 is 0 Å². The summed E-state index contributed by atoms with van der Waals surface area (Å²) in [4.78, 5) is 0.194. The van der Waals surface area contributed by atoms with E-state index in [0.29, 0.717) is 36.6 Å². The monoisotopic (exact) mass is 449 g/mol. The molecule has 0 saturated carbocycles. The van der Waals surface area contributed by atoms with Gasteiger partial charge in [0.05, 0.1) is 4.90 Å². The minimum Gasteiger partial charge on any atom is -0.492 e. The third-order valence-corrected chi connectivity index (χ3v) is 6.32. The number of fused-ring (bicyclic) bond motifs is 1. The number of nitrogens with one attached hydrogen (secondary N) is 1. The normalized spacial score (nSPS) is 11.6. The summed E-state index contributed by atoms with van der Waals surface area (Å²) in [5.41, 5.74) is 2.39. The molecule has 4 aromatic carbocycles. The lowest BCUT2D eigenvalue weighted by atomic mass is 10.0. The van der Waals surface area contributed by atoms with Crippen molar-refractivity contribution in [3.8, 4) is 16.9 Å². The molecule has 0 aliphatic heterocycles. The first kappa shape index (κ1) is 22.0. The number of benzene rings is 4. The van der Waals surface area contributed by atoms with Crippen LogP contribution in [0.25, 0.3) is 21.9 Å². The molecule has 0 aliphatic carbocycles. The van der Waals surface area contributed by atoms with Crippen LogP contribution in [0.15, 0.2) is 89.8 Å². The van der Waals surface area contributed by atoms with Gasteiger partial charge in [0.15, 0.2) is 9.84 Å². The molecular formula is C26H24FNO3S. The molecule has 0 radical (unpaired) electrons. The van der Waals surface area contributed by atoms with Gasteiger partial charge in [-0.25, -0.2) is 12.8 Å². The highest BCUT2D eigenvalue weighted by Crippen LogP contribution is 2.27. The van der Waals surface area contributed by atoms with Crippen molar-refractivity contribution in [2.75, 3.05) is 19.4 Å². The summed E-state index contributed by atoms with van der Waals surface area (Å²) < 4.78 is 43.6. The lowest BCUT2D eigenvalue weighted by Crippen LogP contribution is -2.20. The van der Waals surface area contributed by atoms with Gasteiger partial charge in [0.1, 0.15) is 18.2 Å². The van der Waals surface area contributed by atoms with Crippen molar-refractivity contribution in [3.63, 3.8) is 0 Å². The molecule has 4 aromatic rings. The number of ether oxygens (including phenoxy) is 1. The zero-order chi connectivity index (χ0) is 22.6. The van der Waals surface area contributed by atoms with Crippen molar-refractivity contribution in [1.82, 2.24) is 5.32 Å². The third kappa shape index (κ3) is 5.33. The maximum atomic E-state index is 14.2. The van der Waals surface area contributed by atoms with Crippen LogP contribution in [-0.2, 0) is 16.4 Å². The molecular weight excluding hydrogens is 425 g/mol. The molecule has 0 aromatic heterocycles. The van der Waals surface area contributed by atoms with Crippen LogP contribution in [0, 0.1) is 5.82 Å². The average molecular weight is 450 g/mol. The van der Waals surface area contributed by atoms with Gasteiger partial charge in [0.25, 0.3) is 0 Å². The van der Waals surface area contributed by atoms with Crippen molar-refractivity contribution < 1.29 is 17.5 Å². The van der Waals surface area contributed by atoms with Crippen molar-refractivity contribution in [2.45, 2.75) is 11.4 Å². The van der Waals surface area contributed by atoms with Crippen LogP contribution >= 0.6 is 0 Å². The first-order chi connectivity index (χ1) is 15.4.